The molecule has 108 valence electrons. The van der Waals surface area contributed by atoms with Crippen molar-refractivity contribution < 1.29 is 14.5 Å². The molecule has 1 aromatic carbocycles. The highest BCUT2D eigenvalue weighted by atomic mass is 16.6. The number of rotatable bonds is 6. The van der Waals surface area contributed by atoms with Crippen molar-refractivity contribution in [3.8, 4) is 0 Å². The molecule has 1 rings (SSSR count). The van der Waals surface area contributed by atoms with Crippen molar-refractivity contribution in [3.05, 3.63) is 39.9 Å². The molecule has 0 aromatic heterocycles. The van der Waals surface area contributed by atoms with E-state index < -0.39 is 22.8 Å². The molecule has 7 nitrogen and oxygen atoms in total. The van der Waals surface area contributed by atoms with Crippen LogP contribution < -0.4 is 11.1 Å². The topological polar surface area (TPSA) is 115 Å². The summed E-state index contributed by atoms with van der Waals surface area (Å²) in [6, 6.07) is 4.50. The Labute approximate surface area is 116 Å². The number of nitro groups is 1. The lowest BCUT2D eigenvalue weighted by Crippen LogP contribution is -2.48. The van der Waals surface area contributed by atoms with Crippen LogP contribution in [0.2, 0.25) is 0 Å². The van der Waals surface area contributed by atoms with E-state index in [0.717, 1.165) is 6.07 Å². The van der Waals surface area contributed by atoms with Gasteiger partial charge in [-0.15, -0.1) is 0 Å². The van der Waals surface area contributed by atoms with Crippen molar-refractivity contribution in [2.45, 2.75) is 26.3 Å². The Morgan fingerprint density at radius 1 is 1.45 bits per heavy atom. The summed E-state index contributed by atoms with van der Waals surface area (Å²) in [4.78, 5) is 33.4. The first kappa shape index (κ1) is 15.6. The van der Waals surface area contributed by atoms with Gasteiger partial charge >= 0.3 is 0 Å². The number of carbonyl (C=O) groups excluding carboxylic acids is 2. The van der Waals surface area contributed by atoms with Gasteiger partial charge < -0.3 is 11.1 Å². The Hall–Kier alpha value is -2.44. The molecule has 0 aliphatic heterocycles. The molecule has 0 bridgehead atoms. The minimum Gasteiger partial charge on any atom is -0.368 e. The molecule has 20 heavy (non-hydrogen) atoms. The van der Waals surface area contributed by atoms with Crippen LogP contribution in [0.1, 0.15) is 30.6 Å². The maximum Gasteiger partial charge on any atom is 0.270 e. The number of primary amides is 1. The SMILES string of the molecule is CC[C@@H](C)[C@@H](NC(=O)c1cccc([N+](=O)[O-])c1)C(N)=O. The minimum atomic E-state index is -0.799. The quantitative estimate of drug-likeness (QED) is 0.601. The van der Waals surface area contributed by atoms with Crippen LogP contribution in [0, 0.1) is 16.0 Å². The minimum absolute atomic E-state index is 0.116. The van der Waals surface area contributed by atoms with E-state index in [1.807, 2.05) is 6.92 Å². The molecule has 0 saturated heterocycles. The number of nitrogens with one attached hydrogen (secondary N) is 1. The van der Waals surface area contributed by atoms with Gasteiger partial charge in [-0.25, -0.2) is 0 Å². The van der Waals surface area contributed by atoms with Crippen LogP contribution in [0.4, 0.5) is 5.69 Å². The molecule has 0 aliphatic carbocycles. The Kier molecular flexibility index (Phi) is 5.19. The van der Waals surface area contributed by atoms with E-state index in [-0.39, 0.29) is 17.2 Å². The normalized spacial score (nSPS) is 13.3. The van der Waals surface area contributed by atoms with Crippen molar-refractivity contribution in [3.63, 3.8) is 0 Å². The van der Waals surface area contributed by atoms with Crippen LogP contribution in [0.25, 0.3) is 0 Å². The van der Waals surface area contributed by atoms with Gasteiger partial charge in [-0.05, 0) is 12.0 Å². The van der Waals surface area contributed by atoms with E-state index in [9.17, 15) is 19.7 Å². The van der Waals surface area contributed by atoms with E-state index in [1.165, 1.54) is 18.2 Å². The number of carbonyl (C=O) groups is 2. The fourth-order valence-corrected chi connectivity index (χ4v) is 1.71. The zero-order valence-electron chi connectivity index (χ0n) is 11.3. The second kappa shape index (κ2) is 6.65. The smallest absolute Gasteiger partial charge is 0.270 e. The van der Waals surface area contributed by atoms with Gasteiger partial charge in [0.2, 0.25) is 5.91 Å². The molecule has 0 unspecified atom stereocenters. The standard InChI is InChI=1S/C13H17N3O4/c1-3-8(2)11(12(14)17)15-13(18)9-5-4-6-10(7-9)16(19)20/h4-8,11H,3H2,1-2H3,(H2,14,17)(H,15,18)/t8-,11-/m1/s1. The summed E-state index contributed by atoms with van der Waals surface area (Å²) in [5.74, 6) is -1.30. The summed E-state index contributed by atoms with van der Waals surface area (Å²) >= 11 is 0. The van der Waals surface area contributed by atoms with Crippen molar-refractivity contribution in [2.75, 3.05) is 0 Å². The molecule has 0 spiro atoms. The molecule has 0 aliphatic rings. The largest absolute Gasteiger partial charge is 0.368 e. The number of non-ortho nitro benzene ring substituents is 1. The van der Waals surface area contributed by atoms with Gasteiger partial charge in [0.1, 0.15) is 6.04 Å². The zero-order valence-corrected chi connectivity index (χ0v) is 11.3. The number of nitrogens with two attached hydrogens (primary N) is 1. The Bertz CT molecular complexity index is 530. The molecular formula is C13H17N3O4. The van der Waals surface area contributed by atoms with Gasteiger partial charge in [0, 0.05) is 17.7 Å². The molecule has 3 N–H and O–H groups in total. The molecule has 0 saturated carbocycles. The Morgan fingerprint density at radius 2 is 2.10 bits per heavy atom. The van der Waals surface area contributed by atoms with E-state index in [4.69, 9.17) is 5.73 Å². The van der Waals surface area contributed by atoms with Gasteiger partial charge in [-0.2, -0.15) is 0 Å². The average Bonchev–Trinajstić information content (AvgIpc) is 2.43. The third-order valence-electron chi connectivity index (χ3n) is 3.13. The maximum absolute atomic E-state index is 12.0. The summed E-state index contributed by atoms with van der Waals surface area (Å²) in [5, 5.41) is 13.2. The average molecular weight is 279 g/mol. The summed E-state index contributed by atoms with van der Waals surface area (Å²) in [6.07, 6.45) is 0.669. The summed E-state index contributed by atoms with van der Waals surface area (Å²) in [7, 11) is 0. The third kappa shape index (κ3) is 3.78. The van der Waals surface area contributed by atoms with E-state index in [0.29, 0.717) is 6.42 Å². The fourth-order valence-electron chi connectivity index (χ4n) is 1.71. The number of hydrogen-bond acceptors (Lipinski definition) is 4. The van der Waals surface area contributed by atoms with E-state index in [2.05, 4.69) is 5.32 Å². The second-order valence-corrected chi connectivity index (χ2v) is 4.55. The second-order valence-electron chi connectivity index (χ2n) is 4.55. The van der Waals surface area contributed by atoms with Crippen LogP contribution in [-0.2, 0) is 4.79 Å². The van der Waals surface area contributed by atoms with Gasteiger partial charge in [0.05, 0.1) is 4.92 Å². The molecule has 2 atom stereocenters. The highest BCUT2D eigenvalue weighted by molar-refractivity contribution is 5.97. The number of benzene rings is 1. The van der Waals surface area contributed by atoms with Crippen LogP contribution >= 0.6 is 0 Å². The zero-order chi connectivity index (χ0) is 15.3. The van der Waals surface area contributed by atoms with Gasteiger partial charge in [-0.3, -0.25) is 19.7 Å². The Balaban J connectivity index is 2.92. The number of amides is 2. The van der Waals surface area contributed by atoms with Crippen LogP contribution in [-0.4, -0.2) is 22.8 Å². The van der Waals surface area contributed by atoms with Crippen molar-refractivity contribution in [1.29, 1.82) is 0 Å². The van der Waals surface area contributed by atoms with Crippen LogP contribution in [0.15, 0.2) is 24.3 Å². The molecule has 0 fully saturated rings. The molecule has 7 heteroatoms. The number of nitro benzene ring substituents is 1. The molecule has 0 heterocycles. The van der Waals surface area contributed by atoms with Gasteiger partial charge in [-0.1, -0.05) is 26.3 Å². The van der Waals surface area contributed by atoms with Gasteiger partial charge in [0.15, 0.2) is 0 Å². The lowest BCUT2D eigenvalue weighted by Gasteiger charge is -2.21. The monoisotopic (exact) mass is 279 g/mol. The van der Waals surface area contributed by atoms with Crippen molar-refractivity contribution >= 4 is 17.5 Å². The lowest BCUT2D eigenvalue weighted by atomic mass is 9.98. The third-order valence-corrected chi connectivity index (χ3v) is 3.13. The number of hydrogen-bond donors (Lipinski definition) is 2. The van der Waals surface area contributed by atoms with Crippen molar-refractivity contribution in [1.82, 2.24) is 5.32 Å². The van der Waals surface area contributed by atoms with Crippen LogP contribution in [0.3, 0.4) is 0 Å². The van der Waals surface area contributed by atoms with Crippen molar-refractivity contribution in [2.24, 2.45) is 11.7 Å². The predicted molar refractivity (Wildman–Crippen MR) is 73.0 cm³/mol. The highest BCUT2D eigenvalue weighted by Crippen LogP contribution is 2.14. The highest BCUT2D eigenvalue weighted by Gasteiger charge is 2.24. The van der Waals surface area contributed by atoms with Gasteiger partial charge in [0.25, 0.3) is 11.6 Å². The predicted octanol–water partition coefficient (Wildman–Crippen LogP) is 1.22. The molecule has 2 amide bonds. The first-order valence-corrected chi connectivity index (χ1v) is 6.21. The first-order chi connectivity index (χ1) is 9.36. The molecule has 1 aromatic rings. The van der Waals surface area contributed by atoms with E-state index >= 15 is 0 Å². The Morgan fingerprint density at radius 3 is 2.60 bits per heavy atom. The number of nitrogens with zero attached hydrogens (tertiary/aromatic N) is 1. The van der Waals surface area contributed by atoms with Crippen LogP contribution in [0.5, 0.6) is 0 Å². The summed E-state index contributed by atoms with van der Waals surface area (Å²) in [5.41, 5.74) is 5.19. The lowest BCUT2D eigenvalue weighted by molar-refractivity contribution is -0.384. The maximum atomic E-state index is 12.0. The molecule has 0 radical (unpaired) electrons. The first-order valence-electron chi connectivity index (χ1n) is 6.21. The fraction of sp³-hybridized carbons (Fsp3) is 0.385. The molecular weight excluding hydrogens is 262 g/mol. The van der Waals surface area contributed by atoms with E-state index in [1.54, 1.807) is 6.92 Å². The summed E-state index contributed by atoms with van der Waals surface area (Å²) in [6.45, 7) is 3.67. The summed E-state index contributed by atoms with van der Waals surface area (Å²) < 4.78 is 0.